The average molecular weight is 259 g/mol. The molecule has 1 unspecified atom stereocenters. The Balaban J connectivity index is 2.42. The van der Waals surface area contributed by atoms with Gasteiger partial charge in [0.15, 0.2) is 5.82 Å². The van der Waals surface area contributed by atoms with Crippen LogP contribution in [0.15, 0.2) is 12.1 Å². The maximum Gasteiger partial charge on any atom is 0.182 e. The molecule has 1 aromatic carbocycles. The summed E-state index contributed by atoms with van der Waals surface area (Å²) < 4.78 is 1.87. The van der Waals surface area contributed by atoms with E-state index >= 15 is 0 Å². The van der Waals surface area contributed by atoms with E-state index in [4.69, 9.17) is 5.73 Å². The number of anilines is 1. The molecule has 0 aliphatic heterocycles. The fraction of sp³-hybridized carbons (Fsp3) is 0.500. The predicted molar refractivity (Wildman–Crippen MR) is 76.6 cm³/mol. The van der Waals surface area contributed by atoms with E-state index in [2.05, 4.69) is 42.4 Å². The summed E-state index contributed by atoms with van der Waals surface area (Å²) in [5.74, 6) is 1.34. The Hall–Kier alpha value is -1.91. The molecular weight excluding hydrogens is 238 g/mol. The molecule has 0 saturated carbocycles. The second kappa shape index (κ2) is 5.38. The highest BCUT2D eigenvalue weighted by molar-refractivity contribution is 5.67. The summed E-state index contributed by atoms with van der Waals surface area (Å²) in [6.07, 6.45) is 1.11. The van der Waals surface area contributed by atoms with Crippen molar-refractivity contribution < 1.29 is 0 Å². The van der Waals surface area contributed by atoms with Gasteiger partial charge in [-0.3, -0.25) is 0 Å². The first-order valence-electron chi connectivity index (χ1n) is 6.66. The van der Waals surface area contributed by atoms with Gasteiger partial charge in [0.1, 0.15) is 0 Å². The van der Waals surface area contributed by atoms with Crippen LogP contribution in [0, 0.1) is 19.8 Å². The molecule has 1 heterocycles. The van der Waals surface area contributed by atoms with Crippen LogP contribution < -0.4 is 5.73 Å². The third-order valence-corrected chi connectivity index (χ3v) is 3.57. The van der Waals surface area contributed by atoms with Crippen LogP contribution in [0.5, 0.6) is 0 Å². The molecule has 0 fully saturated rings. The molecule has 0 spiro atoms. The Kier molecular flexibility index (Phi) is 3.83. The molecule has 1 atom stereocenters. The summed E-state index contributed by atoms with van der Waals surface area (Å²) in [5, 5.41) is 12.0. The minimum Gasteiger partial charge on any atom is -0.398 e. The van der Waals surface area contributed by atoms with Crippen molar-refractivity contribution in [1.82, 2.24) is 20.2 Å². The van der Waals surface area contributed by atoms with Crippen LogP contribution in [-0.4, -0.2) is 20.2 Å². The van der Waals surface area contributed by atoms with Crippen molar-refractivity contribution in [1.29, 1.82) is 0 Å². The van der Waals surface area contributed by atoms with Crippen molar-refractivity contribution in [2.45, 2.75) is 40.7 Å². The zero-order valence-corrected chi connectivity index (χ0v) is 12.0. The number of hydrogen-bond donors (Lipinski definition) is 1. The molecule has 0 radical (unpaired) electrons. The molecule has 0 bridgehead atoms. The Labute approximate surface area is 113 Å². The lowest BCUT2D eigenvalue weighted by molar-refractivity contribution is 0.434. The van der Waals surface area contributed by atoms with Gasteiger partial charge in [-0.25, -0.2) is 4.68 Å². The number of hydrogen-bond acceptors (Lipinski definition) is 4. The number of benzene rings is 1. The Morgan fingerprint density at radius 3 is 2.68 bits per heavy atom. The van der Waals surface area contributed by atoms with Crippen LogP contribution in [0.4, 0.5) is 5.69 Å². The summed E-state index contributed by atoms with van der Waals surface area (Å²) >= 11 is 0. The summed E-state index contributed by atoms with van der Waals surface area (Å²) in [4.78, 5) is 0. The van der Waals surface area contributed by atoms with E-state index in [1.54, 1.807) is 0 Å². The maximum atomic E-state index is 6.00. The summed E-state index contributed by atoms with van der Waals surface area (Å²) in [6, 6.07) is 4.04. The van der Waals surface area contributed by atoms with Crippen LogP contribution in [-0.2, 0) is 6.54 Å². The largest absolute Gasteiger partial charge is 0.398 e. The van der Waals surface area contributed by atoms with E-state index in [-0.39, 0.29) is 0 Å². The van der Waals surface area contributed by atoms with Crippen LogP contribution in [0.25, 0.3) is 11.4 Å². The third kappa shape index (κ3) is 2.75. The van der Waals surface area contributed by atoms with Gasteiger partial charge in [-0.2, -0.15) is 0 Å². The molecule has 5 nitrogen and oxygen atoms in total. The lowest BCUT2D eigenvalue weighted by atomic mass is 10.0. The lowest BCUT2D eigenvalue weighted by Gasteiger charge is -2.12. The van der Waals surface area contributed by atoms with Crippen LogP contribution in [0.1, 0.15) is 31.4 Å². The maximum absolute atomic E-state index is 6.00. The predicted octanol–water partition coefficient (Wildman–Crippen LogP) is 2.59. The molecule has 19 heavy (non-hydrogen) atoms. The lowest BCUT2D eigenvalue weighted by Crippen LogP contribution is -2.10. The van der Waals surface area contributed by atoms with Crippen LogP contribution >= 0.6 is 0 Å². The molecule has 2 N–H and O–H groups in total. The highest BCUT2D eigenvalue weighted by atomic mass is 15.5. The number of aromatic nitrogens is 4. The average Bonchev–Trinajstić information content (AvgIpc) is 2.81. The number of nitrogens with zero attached hydrogens (tertiary/aromatic N) is 4. The van der Waals surface area contributed by atoms with Crippen LogP contribution in [0.2, 0.25) is 0 Å². The number of nitrogen functional groups attached to an aromatic ring is 1. The van der Waals surface area contributed by atoms with E-state index in [0.29, 0.717) is 5.92 Å². The Morgan fingerprint density at radius 2 is 2.00 bits per heavy atom. The van der Waals surface area contributed by atoms with Crippen molar-refractivity contribution >= 4 is 5.69 Å². The van der Waals surface area contributed by atoms with E-state index in [1.807, 2.05) is 17.7 Å². The molecule has 5 heteroatoms. The smallest absolute Gasteiger partial charge is 0.182 e. The van der Waals surface area contributed by atoms with Gasteiger partial charge in [0, 0.05) is 17.8 Å². The van der Waals surface area contributed by atoms with Crippen molar-refractivity contribution in [3.05, 3.63) is 23.3 Å². The number of tetrazole rings is 1. The van der Waals surface area contributed by atoms with Crippen molar-refractivity contribution in [2.24, 2.45) is 5.92 Å². The fourth-order valence-electron chi connectivity index (χ4n) is 2.05. The Bertz CT molecular complexity index is 573. The quantitative estimate of drug-likeness (QED) is 0.857. The van der Waals surface area contributed by atoms with Crippen molar-refractivity contribution in [3.63, 3.8) is 0 Å². The summed E-state index contributed by atoms with van der Waals surface area (Å²) in [7, 11) is 0. The highest BCUT2D eigenvalue weighted by Crippen LogP contribution is 2.26. The first-order valence-corrected chi connectivity index (χ1v) is 6.66. The van der Waals surface area contributed by atoms with Gasteiger partial charge < -0.3 is 5.73 Å². The minimum absolute atomic E-state index is 0.547. The highest BCUT2D eigenvalue weighted by Gasteiger charge is 2.14. The molecule has 0 amide bonds. The van der Waals surface area contributed by atoms with Gasteiger partial charge in [0.2, 0.25) is 0 Å². The molecule has 2 rings (SSSR count). The van der Waals surface area contributed by atoms with Gasteiger partial charge in [-0.1, -0.05) is 26.3 Å². The van der Waals surface area contributed by atoms with Gasteiger partial charge in [-0.15, -0.1) is 5.10 Å². The van der Waals surface area contributed by atoms with E-state index < -0.39 is 0 Å². The van der Waals surface area contributed by atoms with E-state index in [0.717, 1.165) is 41.2 Å². The Morgan fingerprint density at radius 1 is 1.26 bits per heavy atom. The second-order valence-corrected chi connectivity index (χ2v) is 5.22. The zero-order chi connectivity index (χ0) is 14.0. The molecule has 0 saturated heterocycles. The SMILES string of the molecule is CCC(C)Cn1nnnc1-c1cc(N)c(C)cc1C. The molecular formula is C14H21N5. The monoisotopic (exact) mass is 259 g/mol. The topological polar surface area (TPSA) is 69.6 Å². The van der Waals surface area contributed by atoms with Crippen molar-refractivity contribution in [3.8, 4) is 11.4 Å². The van der Waals surface area contributed by atoms with Gasteiger partial charge >= 0.3 is 0 Å². The second-order valence-electron chi connectivity index (χ2n) is 5.22. The minimum atomic E-state index is 0.547. The molecule has 0 aliphatic carbocycles. The molecule has 102 valence electrons. The van der Waals surface area contributed by atoms with E-state index in [9.17, 15) is 0 Å². The summed E-state index contributed by atoms with van der Waals surface area (Å²) in [5.41, 5.74) is 10.0. The fourth-order valence-corrected chi connectivity index (χ4v) is 2.05. The number of nitrogens with two attached hydrogens (primary N) is 1. The zero-order valence-electron chi connectivity index (χ0n) is 12.0. The van der Waals surface area contributed by atoms with Crippen LogP contribution in [0.3, 0.4) is 0 Å². The molecule has 2 aromatic rings. The van der Waals surface area contributed by atoms with Crippen molar-refractivity contribution in [2.75, 3.05) is 5.73 Å². The number of rotatable bonds is 4. The first-order chi connectivity index (χ1) is 9.02. The number of aryl methyl sites for hydroxylation is 2. The van der Waals surface area contributed by atoms with E-state index in [1.165, 1.54) is 0 Å². The normalized spacial score (nSPS) is 12.6. The van der Waals surface area contributed by atoms with Gasteiger partial charge in [-0.05, 0) is 47.4 Å². The third-order valence-electron chi connectivity index (χ3n) is 3.57. The first kappa shape index (κ1) is 13.5. The van der Waals surface area contributed by atoms with Gasteiger partial charge in [0.05, 0.1) is 0 Å². The van der Waals surface area contributed by atoms with Gasteiger partial charge in [0.25, 0.3) is 0 Å². The standard InChI is InChI=1S/C14H21N5/c1-5-9(2)8-19-14(16-17-18-19)12-7-13(15)11(4)6-10(12)3/h6-7,9H,5,8,15H2,1-4H3. The molecule has 0 aliphatic rings. The summed E-state index contributed by atoms with van der Waals surface area (Å²) in [6.45, 7) is 9.26. The molecule has 1 aromatic heterocycles.